The van der Waals surface area contributed by atoms with E-state index in [2.05, 4.69) is 0 Å². The lowest BCUT2D eigenvalue weighted by Gasteiger charge is -1.98. The summed E-state index contributed by atoms with van der Waals surface area (Å²) in [5, 5.41) is 0.958. The number of rotatable bonds is 5. The highest BCUT2D eigenvalue weighted by molar-refractivity contribution is 5.86. The second-order valence-electron chi connectivity index (χ2n) is 4.59. The van der Waals surface area contributed by atoms with E-state index in [0.717, 1.165) is 35.5 Å². The number of fused-ring (bicyclic) bond motifs is 1. The van der Waals surface area contributed by atoms with Crippen LogP contribution in [0.2, 0.25) is 0 Å². The number of furan rings is 1. The fraction of sp³-hybridized carbons (Fsp3) is 0.357. The molecule has 1 fully saturated rings. The fourth-order valence-corrected chi connectivity index (χ4v) is 1.87. The molecule has 0 unspecified atom stereocenters. The van der Waals surface area contributed by atoms with Crippen molar-refractivity contribution >= 4 is 17.3 Å². The molecule has 1 heterocycles. The molecule has 0 atom stereocenters. The monoisotopic (exact) mass is 230 g/mol. The highest BCUT2D eigenvalue weighted by Crippen LogP contribution is 2.29. The summed E-state index contributed by atoms with van der Waals surface area (Å²) in [6, 6.07) is 7.35. The topological polar surface area (TPSA) is 39.4 Å². The minimum Gasteiger partial charge on any atom is -0.459 e. The van der Waals surface area contributed by atoms with Crippen molar-refractivity contribution in [1.82, 2.24) is 0 Å². The van der Waals surface area contributed by atoms with Crippen LogP contribution in [0.15, 0.2) is 28.7 Å². The smallest absolute Gasteiger partial charge is 0.150 e. The first-order chi connectivity index (χ1) is 8.35. The van der Waals surface area contributed by atoms with E-state index in [0.29, 0.717) is 12.2 Å². The molecule has 0 saturated heterocycles. The molecule has 3 nitrogen and oxygen atoms in total. The molecule has 0 aliphatic heterocycles. The van der Waals surface area contributed by atoms with E-state index in [-0.39, 0.29) is 0 Å². The zero-order chi connectivity index (χ0) is 11.7. The predicted octanol–water partition coefficient (Wildman–Crippen LogP) is 3.17. The van der Waals surface area contributed by atoms with Crippen LogP contribution in [-0.2, 0) is 11.3 Å². The molecule has 0 bridgehead atoms. The number of carbonyl (C=O) groups is 1. The first-order valence-electron chi connectivity index (χ1n) is 5.90. The molecule has 1 aliphatic rings. The maximum atomic E-state index is 10.7. The third kappa shape index (κ3) is 2.39. The van der Waals surface area contributed by atoms with Gasteiger partial charge in [-0.3, -0.25) is 4.79 Å². The Morgan fingerprint density at radius 1 is 1.35 bits per heavy atom. The molecule has 0 spiro atoms. The lowest BCUT2D eigenvalue weighted by atomic mass is 10.2. The normalized spacial score (nSPS) is 15.3. The van der Waals surface area contributed by atoms with Crippen molar-refractivity contribution in [3.63, 3.8) is 0 Å². The quantitative estimate of drug-likeness (QED) is 0.740. The first-order valence-corrected chi connectivity index (χ1v) is 5.90. The van der Waals surface area contributed by atoms with Crippen molar-refractivity contribution in [3.8, 4) is 0 Å². The van der Waals surface area contributed by atoms with Gasteiger partial charge in [0.1, 0.15) is 24.2 Å². The Kier molecular flexibility index (Phi) is 2.69. The summed E-state index contributed by atoms with van der Waals surface area (Å²) in [7, 11) is 0. The second kappa shape index (κ2) is 4.34. The molecule has 1 saturated carbocycles. The standard InChI is InChI=1S/C14H14O3/c15-7-11-3-4-14-12(5-11)6-13(17-14)9-16-8-10-1-2-10/h3-7,10H,1-2,8-9H2. The van der Waals surface area contributed by atoms with Crippen molar-refractivity contribution < 1.29 is 13.9 Å². The molecular weight excluding hydrogens is 216 g/mol. The third-order valence-electron chi connectivity index (χ3n) is 3.02. The largest absolute Gasteiger partial charge is 0.459 e. The molecule has 1 aromatic heterocycles. The van der Waals surface area contributed by atoms with Crippen molar-refractivity contribution in [2.45, 2.75) is 19.4 Å². The minimum atomic E-state index is 0.515. The van der Waals surface area contributed by atoms with Gasteiger partial charge in [-0.15, -0.1) is 0 Å². The molecule has 2 aromatic rings. The van der Waals surface area contributed by atoms with Crippen molar-refractivity contribution in [1.29, 1.82) is 0 Å². The van der Waals surface area contributed by atoms with E-state index in [1.165, 1.54) is 12.8 Å². The molecule has 88 valence electrons. The predicted molar refractivity (Wildman–Crippen MR) is 64.0 cm³/mol. The van der Waals surface area contributed by atoms with Crippen LogP contribution in [-0.4, -0.2) is 12.9 Å². The Balaban J connectivity index is 1.73. The van der Waals surface area contributed by atoms with Crippen molar-refractivity contribution in [2.24, 2.45) is 5.92 Å². The maximum Gasteiger partial charge on any atom is 0.150 e. The fourth-order valence-electron chi connectivity index (χ4n) is 1.87. The molecule has 3 heteroatoms. The number of benzene rings is 1. The zero-order valence-corrected chi connectivity index (χ0v) is 9.52. The van der Waals surface area contributed by atoms with Crippen LogP contribution >= 0.6 is 0 Å². The van der Waals surface area contributed by atoms with Gasteiger partial charge in [0, 0.05) is 17.6 Å². The first kappa shape index (κ1) is 10.5. The van der Waals surface area contributed by atoms with Crippen LogP contribution in [0.25, 0.3) is 11.0 Å². The Hall–Kier alpha value is -1.61. The highest BCUT2D eigenvalue weighted by atomic mass is 16.5. The summed E-state index contributed by atoms with van der Waals surface area (Å²) in [6.07, 6.45) is 3.43. The third-order valence-corrected chi connectivity index (χ3v) is 3.02. The van der Waals surface area contributed by atoms with Gasteiger partial charge in [-0.25, -0.2) is 0 Å². The van der Waals surface area contributed by atoms with Crippen LogP contribution in [0.5, 0.6) is 0 Å². The van der Waals surface area contributed by atoms with E-state index in [1.54, 1.807) is 6.07 Å². The van der Waals surface area contributed by atoms with Gasteiger partial charge >= 0.3 is 0 Å². The summed E-state index contributed by atoms with van der Waals surface area (Å²) in [5.41, 5.74) is 1.48. The molecular formula is C14H14O3. The van der Waals surface area contributed by atoms with Crippen LogP contribution in [0.4, 0.5) is 0 Å². The second-order valence-corrected chi connectivity index (χ2v) is 4.59. The lowest BCUT2D eigenvalue weighted by molar-refractivity contribution is 0.0984. The van der Waals surface area contributed by atoms with Gasteiger partial charge in [0.15, 0.2) is 0 Å². The molecule has 0 amide bonds. The van der Waals surface area contributed by atoms with E-state index < -0.39 is 0 Å². The van der Waals surface area contributed by atoms with Crippen molar-refractivity contribution in [2.75, 3.05) is 6.61 Å². The molecule has 0 N–H and O–H groups in total. The number of aldehydes is 1. The van der Waals surface area contributed by atoms with Gasteiger partial charge in [-0.1, -0.05) is 0 Å². The molecule has 17 heavy (non-hydrogen) atoms. The number of ether oxygens (including phenoxy) is 1. The van der Waals surface area contributed by atoms with Crippen LogP contribution in [0.3, 0.4) is 0 Å². The molecule has 0 radical (unpaired) electrons. The summed E-state index contributed by atoms with van der Waals surface area (Å²) >= 11 is 0. The van der Waals surface area contributed by atoms with Gasteiger partial charge in [-0.05, 0) is 43.0 Å². The van der Waals surface area contributed by atoms with E-state index in [9.17, 15) is 4.79 Å². The van der Waals surface area contributed by atoms with E-state index in [1.807, 2.05) is 18.2 Å². The summed E-state index contributed by atoms with van der Waals surface area (Å²) in [5.74, 6) is 1.59. The number of hydrogen-bond donors (Lipinski definition) is 0. The summed E-state index contributed by atoms with van der Waals surface area (Å²) in [4.78, 5) is 10.7. The van der Waals surface area contributed by atoms with Crippen LogP contribution < -0.4 is 0 Å². The van der Waals surface area contributed by atoms with Gasteiger partial charge in [0.25, 0.3) is 0 Å². The number of hydrogen-bond acceptors (Lipinski definition) is 3. The highest BCUT2D eigenvalue weighted by Gasteiger charge is 2.21. The SMILES string of the molecule is O=Cc1ccc2oc(COCC3CC3)cc2c1. The Labute approximate surface area is 99.4 Å². The van der Waals surface area contributed by atoms with Crippen LogP contribution in [0.1, 0.15) is 29.0 Å². The van der Waals surface area contributed by atoms with Gasteiger partial charge < -0.3 is 9.15 Å². The lowest BCUT2D eigenvalue weighted by Crippen LogP contribution is -1.95. The minimum absolute atomic E-state index is 0.515. The van der Waals surface area contributed by atoms with E-state index >= 15 is 0 Å². The van der Waals surface area contributed by atoms with Crippen molar-refractivity contribution in [3.05, 3.63) is 35.6 Å². The van der Waals surface area contributed by atoms with E-state index in [4.69, 9.17) is 9.15 Å². The number of carbonyl (C=O) groups excluding carboxylic acids is 1. The Bertz CT molecular complexity index is 537. The van der Waals surface area contributed by atoms with Gasteiger partial charge in [0.2, 0.25) is 0 Å². The maximum absolute atomic E-state index is 10.7. The summed E-state index contributed by atoms with van der Waals surface area (Å²) < 4.78 is 11.2. The average molecular weight is 230 g/mol. The average Bonchev–Trinajstić information content (AvgIpc) is 3.07. The molecule has 3 rings (SSSR count). The van der Waals surface area contributed by atoms with Gasteiger partial charge in [0.05, 0.1) is 0 Å². The van der Waals surface area contributed by atoms with Crippen LogP contribution in [0, 0.1) is 5.92 Å². The molecule has 1 aromatic carbocycles. The Morgan fingerprint density at radius 2 is 2.24 bits per heavy atom. The summed E-state index contributed by atoms with van der Waals surface area (Å²) in [6.45, 7) is 1.35. The van der Waals surface area contributed by atoms with Gasteiger partial charge in [-0.2, -0.15) is 0 Å². The Morgan fingerprint density at radius 3 is 3.00 bits per heavy atom. The molecule has 1 aliphatic carbocycles. The zero-order valence-electron chi connectivity index (χ0n) is 9.52.